The molecule has 1 amide bonds. The summed E-state index contributed by atoms with van der Waals surface area (Å²) in [6.45, 7) is 34.2. The number of piperidine rings is 1. The number of hydrogen-bond acceptors (Lipinski definition) is 12. The minimum Gasteiger partial charge on any atom is -0.456 e. The molecule has 3 aliphatic heterocycles. The third kappa shape index (κ3) is 14.6. The molecular weight excluding hydrogens is 923 g/mol. The minimum atomic E-state index is -2.53. The van der Waals surface area contributed by atoms with E-state index in [2.05, 4.69) is 93.7 Å². The number of esters is 1. The van der Waals surface area contributed by atoms with Crippen molar-refractivity contribution in [2.75, 3.05) is 27.9 Å². The Bertz CT molecular complexity index is 1850. The second-order valence-corrected chi connectivity index (χ2v) is 34.4. The number of Topliss-reactive ketones (excluding diaryl/α,β-unsaturated/α-hetero) is 2. The Morgan fingerprint density at radius 1 is 0.829 bits per heavy atom. The summed E-state index contributed by atoms with van der Waals surface area (Å²) >= 11 is 0. The topological polar surface area (TPSA) is 156 Å². The lowest BCUT2D eigenvalue weighted by Crippen LogP contribution is -2.57. The van der Waals surface area contributed by atoms with Crippen molar-refractivity contribution >= 4 is 40.1 Å². The van der Waals surface area contributed by atoms with Gasteiger partial charge in [-0.2, -0.15) is 0 Å². The maximum absolute atomic E-state index is 15.0. The summed E-state index contributed by atoms with van der Waals surface area (Å²) in [5, 5.41) is 11.6. The number of ketones is 2. The van der Waals surface area contributed by atoms with Crippen molar-refractivity contribution in [1.29, 1.82) is 0 Å². The van der Waals surface area contributed by atoms with Gasteiger partial charge in [-0.1, -0.05) is 80.0 Å². The van der Waals surface area contributed by atoms with Crippen molar-refractivity contribution in [3.63, 3.8) is 0 Å². The Morgan fingerprint density at radius 2 is 1.41 bits per heavy atom. The van der Waals surface area contributed by atoms with Crippen LogP contribution in [-0.4, -0.2) is 138 Å². The first kappa shape index (κ1) is 60.5. The second kappa shape index (κ2) is 24.5. The molecule has 2 bridgehead atoms. The van der Waals surface area contributed by atoms with Crippen LogP contribution in [0.3, 0.4) is 0 Å². The van der Waals surface area contributed by atoms with E-state index in [9.17, 15) is 24.3 Å². The number of carbonyl (C=O) groups excluding carboxylic acids is 4. The Morgan fingerprint density at radius 3 is 1.97 bits per heavy atom. The fourth-order valence-corrected chi connectivity index (χ4v) is 13.6. The van der Waals surface area contributed by atoms with E-state index in [-0.39, 0.29) is 65.2 Å². The lowest BCUT2D eigenvalue weighted by Gasteiger charge is -2.44. The summed E-state index contributed by atoms with van der Waals surface area (Å²) in [6.07, 6.45) is 5.03. The number of cyclic esters (lactones) is 1. The van der Waals surface area contributed by atoms with Gasteiger partial charge in [-0.25, -0.2) is 4.79 Å². The van der Waals surface area contributed by atoms with E-state index in [1.54, 1.807) is 28.3 Å². The average molecular weight is 1020 g/mol. The molecule has 1 N–H and O–H groups in total. The molecule has 13 nitrogen and oxygen atoms in total. The molecule has 3 fully saturated rings. The third-order valence-corrected chi connectivity index (χ3v) is 26.3. The molecule has 1 saturated carbocycles. The Balaban J connectivity index is 1.85. The zero-order chi connectivity index (χ0) is 52.9. The van der Waals surface area contributed by atoms with Crippen molar-refractivity contribution in [2.24, 2.45) is 23.7 Å². The van der Waals surface area contributed by atoms with E-state index >= 15 is 0 Å². The largest absolute Gasteiger partial charge is 0.456 e. The number of nitrogens with zero attached hydrogens (tertiary/aromatic N) is 1. The predicted octanol–water partition coefficient (Wildman–Crippen LogP) is 10.3. The summed E-state index contributed by atoms with van der Waals surface area (Å²) < 4.78 is 45.5. The SMILES string of the molecule is CC[C@@H]1/C=C(\C)C[C@H](C)CC(OC)[C@H]2O[C@](C)(C[C@@H]2OC)C(=O)[C@H](O)C(=O)N2CCCC[C@H]2C(=O)OC(/C(C)=C/C2CC[C@@H](O[Si](C)(C)C(C)(C)C)[C@H](OC)C2)[C@@H](C)C(O[Si](C)(C)C(C)(C)C)CC1=O. The molecule has 4 rings (SSSR count). The lowest BCUT2D eigenvalue weighted by molar-refractivity contribution is -0.172. The number of rotatable bonds is 10. The molecule has 0 aromatic carbocycles. The Kier molecular flexibility index (Phi) is 21.2. The molecular formula is C55H97NO12Si2. The molecule has 15 heteroatoms. The van der Waals surface area contributed by atoms with Gasteiger partial charge in [0.15, 0.2) is 22.7 Å². The van der Waals surface area contributed by atoms with Gasteiger partial charge in [0.2, 0.25) is 5.78 Å². The summed E-state index contributed by atoms with van der Waals surface area (Å²) in [5.41, 5.74) is 0.352. The van der Waals surface area contributed by atoms with Crippen LogP contribution >= 0.6 is 0 Å². The Labute approximate surface area is 425 Å². The minimum absolute atomic E-state index is 0.0306. The maximum atomic E-state index is 15.0. The van der Waals surface area contributed by atoms with E-state index in [0.717, 1.165) is 30.4 Å². The first-order valence-corrected chi connectivity index (χ1v) is 32.4. The van der Waals surface area contributed by atoms with Crippen LogP contribution in [0.5, 0.6) is 0 Å². The zero-order valence-electron chi connectivity index (χ0n) is 47.0. The zero-order valence-corrected chi connectivity index (χ0v) is 49.0. The van der Waals surface area contributed by atoms with Gasteiger partial charge in [0.25, 0.3) is 5.91 Å². The van der Waals surface area contributed by atoms with Crippen LogP contribution in [0.15, 0.2) is 23.3 Å². The quantitative estimate of drug-likeness (QED) is 0.0958. The monoisotopic (exact) mass is 1020 g/mol. The number of methoxy groups -OCH3 is 3. The van der Waals surface area contributed by atoms with Crippen LogP contribution in [0.2, 0.25) is 36.3 Å². The first-order chi connectivity index (χ1) is 32.3. The van der Waals surface area contributed by atoms with Gasteiger partial charge in [0.1, 0.15) is 29.6 Å². The van der Waals surface area contributed by atoms with Crippen molar-refractivity contribution in [1.82, 2.24) is 4.90 Å². The van der Waals surface area contributed by atoms with Crippen LogP contribution in [0.25, 0.3) is 0 Å². The summed E-state index contributed by atoms with van der Waals surface area (Å²) in [5.74, 6) is -2.83. The number of aliphatic hydroxyl groups excluding tert-OH is 1. The molecule has 2 saturated heterocycles. The van der Waals surface area contributed by atoms with Gasteiger partial charge in [0, 0.05) is 52.6 Å². The van der Waals surface area contributed by atoms with E-state index < -0.39 is 88.5 Å². The highest BCUT2D eigenvalue weighted by molar-refractivity contribution is 6.74. The first-order valence-electron chi connectivity index (χ1n) is 26.6. The highest BCUT2D eigenvalue weighted by atomic mass is 28.4. The van der Waals surface area contributed by atoms with Crippen LogP contribution in [0, 0.1) is 23.7 Å². The Hall–Kier alpha value is -2.09. The van der Waals surface area contributed by atoms with E-state index in [1.165, 1.54) is 4.90 Å². The smallest absolute Gasteiger partial charge is 0.329 e. The summed E-state index contributed by atoms with van der Waals surface area (Å²) in [6, 6.07) is -1.06. The molecule has 0 aromatic rings. The molecule has 0 spiro atoms. The van der Waals surface area contributed by atoms with Crippen LogP contribution in [0.1, 0.15) is 154 Å². The van der Waals surface area contributed by atoms with Gasteiger partial charge in [-0.3, -0.25) is 14.4 Å². The number of amides is 1. The van der Waals surface area contributed by atoms with Gasteiger partial charge in [-0.15, -0.1) is 0 Å². The van der Waals surface area contributed by atoms with E-state index in [4.69, 9.17) is 32.5 Å². The molecule has 402 valence electrons. The second-order valence-electron chi connectivity index (χ2n) is 24.9. The highest BCUT2D eigenvalue weighted by Gasteiger charge is 2.55. The predicted molar refractivity (Wildman–Crippen MR) is 280 cm³/mol. The maximum Gasteiger partial charge on any atom is 0.329 e. The van der Waals surface area contributed by atoms with Gasteiger partial charge in [0.05, 0.1) is 30.5 Å². The average Bonchev–Trinajstić information content (AvgIpc) is 3.64. The van der Waals surface area contributed by atoms with Gasteiger partial charge in [-0.05, 0) is 132 Å². The standard InChI is InChI=1S/C55H97NO12Si2/c1-20-39-28-34(2)27-35(3)29-45(63-14)49-46(64-15)33-55(12,66-49)50(59)47(58)51(60)56-26-22-21-23-40(56)52(61)65-48(37(5)43(32-41(39)57)68-70(18,19)54(9,10)11)36(4)30-38-24-25-42(44(31-38)62-13)67-69(16,17)53(6,7)8/h28,30,35,37-40,42-49,58H,20-27,29,31-33H2,1-19H3/b34-28+,36-30+/t35-,37-,38?,39+,40-,42+,43?,44+,45?,46-,47-,48?,49+,55+/m0/s1. The van der Waals surface area contributed by atoms with Crippen LogP contribution in [-0.2, 0) is 51.7 Å². The van der Waals surface area contributed by atoms with Crippen molar-refractivity contribution in [3.05, 3.63) is 23.3 Å². The highest BCUT2D eigenvalue weighted by Crippen LogP contribution is 2.43. The van der Waals surface area contributed by atoms with E-state index in [1.807, 2.05) is 20.8 Å². The lowest BCUT2D eigenvalue weighted by atomic mass is 9.81. The number of allylic oxidation sites excluding steroid dienone is 3. The molecule has 0 radical (unpaired) electrons. The molecule has 14 atom stereocenters. The number of ether oxygens (including phenoxy) is 5. The van der Waals surface area contributed by atoms with Crippen LogP contribution in [0.4, 0.5) is 0 Å². The molecule has 1 aliphatic carbocycles. The fourth-order valence-electron chi connectivity index (χ4n) is 10.8. The normalized spacial score (nSPS) is 36.7. The third-order valence-electron chi connectivity index (χ3n) is 17.3. The van der Waals surface area contributed by atoms with Crippen molar-refractivity contribution in [3.8, 4) is 0 Å². The van der Waals surface area contributed by atoms with Crippen LogP contribution < -0.4 is 0 Å². The molecule has 3 heterocycles. The number of carbonyl (C=O) groups is 4. The van der Waals surface area contributed by atoms with Crippen molar-refractivity contribution in [2.45, 2.75) is 250 Å². The van der Waals surface area contributed by atoms with Gasteiger partial charge < -0.3 is 42.5 Å². The molecule has 4 unspecified atom stereocenters. The molecule has 4 aliphatic rings. The number of fused-ring (bicyclic) bond motifs is 3. The molecule has 0 aromatic heterocycles. The molecule has 70 heavy (non-hydrogen) atoms. The van der Waals surface area contributed by atoms with Gasteiger partial charge >= 0.3 is 5.97 Å². The number of hydrogen-bond donors (Lipinski definition) is 1. The fraction of sp³-hybridized carbons (Fsp3) is 0.855. The van der Waals surface area contributed by atoms with Crippen molar-refractivity contribution < 1.29 is 56.8 Å². The summed E-state index contributed by atoms with van der Waals surface area (Å²) in [7, 11) is 0.302. The van der Waals surface area contributed by atoms with E-state index in [0.29, 0.717) is 38.5 Å². The summed E-state index contributed by atoms with van der Waals surface area (Å²) in [4.78, 5) is 59.9. The number of aliphatic hydroxyl groups is 1.